The monoisotopic (exact) mass is 598 g/mol. The van der Waals surface area contributed by atoms with Crippen molar-refractivity contribution in [1.82, 2.24) is 0 Å². The smallest absolute Gasteiger partial charge is 0.202 e. The molecule has 1 unspecified atom stereocenters. The van der Waals surface area contributed by atoms with Gasteiger partial charge in [-0.25, -0.2) is 8.78 Å². The van der Waals surface area contributed by atoms with Crippen molar-refractivity contribution in [2.24, 2.45) is 0 Å². The van der Waals surface area contributed by atoms with Gasteiger partial charge in [0.25, 0.3) is 5.92 Å². The molecule has 4 heteroatoms. The molecule has 0 saturated heterocycles. The second kappa shape index (κ2) is 15.1. The van der Waals surface area contributed by atoms with Crippen molar-refractivity contribution in [1.29, 1.82) is 0 Å². The van der Waals surface area contributed by atoms with Crippen molar-refractivity contribution < 1.29 is 8.78 Å². The minimum absolute atomic E-state index is 0.187. The van der Waals surface area contributed by atoms with Crippen LogP contribution in [0.15, 0.2) is 126 Å². The molecule has 2 aromatic rings. The highest BCUT2D eigenvalue weighted by molar-refractivity contribution is 7.22. The summed E-state index contributed by atoms with van der Waals surface area (Å²) in [4.78, 5) is 0. The summed E-state index contributed by atoms with van der Waals surface area (Å²) in [5.41, 5.74) is 14.5. The SMILES string of the molecule is C=C=C(C)C(C1=CCC=C=c2c(C(C=CC(=C)C)=CCCC(F)(F)C=C)cc(Cc3ccc(Cl)cc3)cc2=C1)=C(C)P. The molecular formula is C38H38ClF2P. The van der Waals surface area contributed by atoms with Gasteiger partial charge in [-0.1, -0.05) is 79.4 Å². The van der Waals surface area contributed by atoms with Gasteiger partial charge in [0.05, 0.1) is 0 Å². The van der Waals surface area contributed by atoms with Crippen molar-refractivity contribution >= 4 is 38.2 Å². The zero-order valence-electron chi connectivity index (χ0n) is 24.7. The van der Waals surface area contributed by atoms with Crippen molar-refractivity contribution in [2.75, 3.05) is 0 Å². The predicted molar refractivity (Wildman–Crippen MR) is 182 cm³/mol. The Kier molecular flexibility index (Phi) is 11.9. The van der Waals surface area contributed by atoms with Gasteiger partial charge in [-0.05, 0) is 126 Å². The first-order valence-electron chi connectivity index (χ1n) is 13.9. The second-order valence-electron chi connectivity index (χ2n) is 10.5. The number of benzene rings is 2. The molecule has 42 heavy (non-hydrogen) atoms. The Hall–Kier alpha value is -3.50. The fraction of sp³-hybridized carbons (Fsp3) is 0.211. The molecule has 2 aromatic carbocycles. The molecule has 0 radical (unpaired) electrons. The van der Waals surface area contributed by atoms with Crippen LogP contribution in [0.1, 0.15) is 56.7 Å². The summed E-state index contributed by atoms with van der Waals surface area (Å²) in [6.45, 7) is 17.2. The summed E-state index contributed by atoms with van der Waals surface area (Å²) in [6.07, 6.45) is 14.1. The van der Waals surface area contributed by atoms with Gasteiger partial charge in [-0.3, -0.25) is 0 Å². The summed E-state index contributed by atoms with van der Waals surface area (Å²) in [5.74, 6) is -2.93. The van der Waals surface area contributed by atoms with Crippen LogP contribution < -0.4 is 10.4 Å². The van der Waals surface area contributed by atoms with Crippen LogP contribution in [-0.4, -0.2) is 5.92 Å². The van der Waals surface area contributed by atoms with Gasteiger partial charge in [-0.15, -0.1) is 20.7 Å². The molecule has 0 fully saturated rings. The van der Waals surface area contributed by atoms with E-state index in [4.69, 9.17) is 11.6 Å². The molecule has 0 aliphatic heterocycles. The Bertz CT molecular complexity index is 1690. The number of alkyl halides is 2. The minimum Gasteiger partial charge on any atom is -0.202 e. The maximum absolute atomic E-state index is 14.1. The highest BCUT2D eigenvalue weighted by Gasteiger charge is 2.22. The Morgan fingerprint density at radius 3 is 2.45 bits per heavy atom. The lowest BCUT2D eigenvalue weighted by atomic mass is 9.91. The van der Waals surface area contributed by atoms with Crippen LogP contribution in [0.3, 0.4) is 0 Å². The first kappa shape index (κ1) is 33.0. The molecule has 0 bridgehead atoms. The third-order valence-electron chi connectivity index (χ3n) is 6.89. The van der Waals surface area contributed by atoms with Crippen molar-refractivity contribution in [3.05, 3.63) is 158 Å². The third kappa shape index (κ3) is 9.25. The Labute approximate surface area is 256 Å². The average molecular weight is 599 g/mol. The second-order valence-corrected chi connectivity index (χ2v) is 11.8. The lowest BCUT2D eigenvalue weighted by Gasteiger charge is -2.14. The van der Waals surface area contributed by atoms with Crippen LogP contribution in [0.5, 0.6) is 0 Å². The zero-order chi connectivity index (χ0) is 30.9. The molecule has 1 atom stereocenters. The van der Waals surface area contributed by atoms with E-state index < -0.39 is 5.92 Å². The van der Waals surface area contributed by atoms with Crippen LogP contribution >= 0.6 is 20.8 Å². The predicted octanol–water partition coefficient (Wildman–Crippen LogP) is 9.97. The number of allylic oxidation sites excluding steroid dienone is 12. The number of rotatable bonds is 11. The molecule has 0 saturated carbocycles. The van der Waals surface area contributed by atoms with Crippen LogP contribution in [0, 0.1) is 0 Å². The molecule has 0 spiro atoms. The molecule has 0 N–H and O–H groups in total. The number of fused-ring (bicyclic) bond motifs is 1. The number of hydrogen-bond donors (Lipinski definition) is 0. The lowest BCUT2D eigenvalue weighted by molar-refractivity contribution is 0.0472. The molecule has 0 nitrogen and oxygen atoms in total. The van der Waals surface area contributed by atoms with Gasteiger partial charge in [0.2, 0.25) is 0 Å². The Morgan fingerprint density at radius 1 is 1.12 bits per heavy atom. The van der Waals surface area contributed by atoms with E-state index in [2.05, 4.69) is 71.6 Å². The van der Waals surface area contributed by atoms with E-state index in [1.165, 1.54) is 0 Å². The molecule has 0 aromatic heterocycles. The van der Waals surface area contributed by atoms with Crippen LogP contribution in [-0.2, 0) is 6.42 Å². The van der Waals surface area contributed by atoms with Crippen LogP contribution in [0.25, 0.3) is 17.4 Å². The van der Waals surface area contributed by atoms with Gasteiger partial charge in [0, 0.05) is 16.7 Å². The van der Waals surface area contributed by atoms with E-state index in [9.17, 15) is 8.78 Å². The minimum atomic E-state index is -2.93. The summed E-state index contributed by atoms with van der Waals surface area (Å²) in [7, 11) is 2.80. The van der Waals surface area contributed by atoms with Crippen LogP contribution in [0.4, 0.5) is 8.78 Å². The highest BCUT2D eigenvalue weighted by Crippen LogP contribution is 2.28. The number of hydrogen-bond acceptors (Lipinski definition) is 0. The van der Waals surface area contributed by atoms with Gasteiger partial charge >= 0.3 is 0 Å². The molecule has 216 valence electrons. The van der Waals surface area contributed by atoms with E-state index in [1.807, 2.05) is 62.4 Å². The van der Waals surface area contributed by atoms with E-state index in [0.29, 0.717) is 23.9 Å². The largest absolute Gasteiger partial charge is 0.266 e. The van der Waals surface area contributed by atoms with Gasteiger partial charge in [0.15, 0.2) is 0 Å². The summed E-state index contributed by atoms with van der Waals surface area (Å²) in [6, 6.07) is 12.1. The maximum atomic E-state index is 14.1. The van der Waals surface area contributed by atoms with Crippen molar-refractivity contribution in [3.63, 3.8) is 0 Å². The normalized spacial score (nSPS) is 14.0. The standard InChI is InChI=1S/C38H38ClF2P/c1-7-27(5)37(28(6)42)32-12-9-10-14-35-33(25-32)23-30(22-29-16-19-34(39)20-17-29)24-36(35)31(18-15-26(3)4)13-11-21-38(40,41)8-2/h8,10,12-13,15-20,23-25H,1-3,9,11,21-22,42H2,4-6H3. The Balaban J connectivity index is 2.36. The zero-order valence-corrected chi connectivity index (χ0v) is 26.6. The van der Waals surface area contributed by atoms with E-state index in [1.54, 1.807) is 0 Å². The van der Waals surface area contributed by atoms with E-state index in [0.717, 1.165) is 60.3 Å². The summed E-state index contributed by atoms with van der Waals surface area (Å²) >= 11 is 6.15. The maximum Gasteiger partial charge on any atom is 0.266 e. The number of halogens is 3. The molecular weight excluding hydrogens is 561 g/mol. The quantitative estimate of drug-likeness (QED) is 0.104. The summed E-state index contributed by atoms with van der Waals surface area (Å²) < 4.78 is 28.1. The lowest BCUT2D eigenvalue weighted by Crippen LogP contribution is -2.29. The first-order valence-corrected chi connectivity index (χ1v) is 14.8. The molecule has 0 amide bonds. The first-order chi connectivity index (χ1) is 19.9. The third-order valence-corrected chi connectivity index (χ3v) is 7.43. The van der Waals surface area contributed by atoms with Crippen LogP contribution in [0.2, 0.25) is 5.02 Å². The molecule has 1 aliphatic rings. The summed E-state index contributed by atoms with van der Waals surface area (Å²) in [5, 5.41) is 3.68. The average Bonchev–Trinajstić information content (AvgIpc) is 2.92. The van der Waals surface area contributed by atoms with Gasteiger partial charge in [-0.2, -0.15) is 0 Å². The molecule has 1 aliphatic carbocycles. The fourth-order valence-corrected chi connectivity index (χ4v) is 5.28. The highest BCUT2D eigenvalue weighted by atomic mass is 35.5. The van der Waals surface area contributed by atoms with Gasteiger partial charge in [0.1, 0.15) is 0 Å². The topological polar surface area (TPSA) is 0 Å². The van der Waals surface area contributed by atoms with E-state index in [-0.39, 0.29) is 12.8 Å². The fourth-order valence-electron chi connectivity index (χ4n) is 4.77. The van der Waals surface area contributed by atoms with E-state index >= 15 is 0 Å². The molecule has 3 rings (SSSR count). The van der Waals surface area contributed by atoms with Gasteiger partial charge < -0.3 is 0 Å². The van der Waals surface area contributed by atoms with Crippen molar-refractivity contribution in [2.45, 2.75) is 52.4 Å². The Morgan fingerprint density at radius 2 is 1.83 bits per heavy atom. The van der Waals surface area contributed by atoms with Crippen molar-refractivity contribution in [3.8, 4) is 0 Å². The molecule has 0 heterocycles.